The highest BCUT2D eigenvalue weighted by atomic mass is 15.5. The van der Waals surface area contributed by atoms with E-state index in [1.165, 1.54) is 0 Å². The Morgan fingerprint density at radius 3 is 2.78 bits per heavy atom. The Balaban J connectivity index is 3.62. The van der Waals surface area contributed by atoms with Crippen molar-refractivity contribution >= 4 is 0 Å². The Bertz CT molecular complexity index is 155. The van der Waals surface area contributed by atoms with Gasteiger partial charge in [0, 0.05) is 5.53 Å². The molecule has 1 unspecified atom stereocenters. The van der Waals surface area contributed by atoms with Crippen molar-refractivity contribution in [3.05, 3.63) is 0 Å². The number of rotatable bonds is 3. The van der Waals surface area contributed by atoms with Crippen LogP contribution in [0.4, 0.5) is 0 Å². The molecular formula is C4H8N5+. The fraction of sp³-hybridized carbons (Fsp3) is 0.750. The molecule has 5 heteroatoms. The van der Waals surface area contributed by atoms with Crippen LogP contribution in [0.5, 0.6) is 0 Å². The van der Waals surface area contributed by atoms with E-state index in [4.69, 9.17) is 16.3 Å². The van der Waals surface area contributed by atoms with E-state index in [9.17, 15) is 0 Å². The predicted octanol–water partition coefficient (Wildman–Crippen LogP) is 1.14. The summed E-state index contributed by atoms with van der Waals surface area (Å²) in [5.41, 5.74) is 13.1. The van der Waals surface area contributed by atoms with E-state index in [1.54, 1.807) is 6.92 Å². The Kier molecular flexibility index (Phi) is 3.13. The molecule has 0 saturated heterocycles. The summed E-state index contributed by atoms with van der Waals surface area (Å²) in [6, 6.07) is 1.93. The van der Waals surface area contributed by atoms with Crippen LogP contribution in [0.15, 0.2) is 5.22 Å². The van der Waals surface area contributed by atoms with Crippen molar-refractivity contribution in [1.29, 1.82) is 16.3 Å². The Labute approximate surface area is 52.9 Å². The minimum atomic E-state index is -0.239. The molecule has 1 atom stereocenters. The maximum Gasteiger partial charge on any atom is 0.152 e. The molecule has 0 rings (SSSR count). The average molecular weight is 126 g/mol. The largest absolute Gasteiger partial charge is 0.198 e. The SMILES string of the molecule is CC(C#N)C[N+](=N)N=N. The summed E-state index contributed by atoms with van der Waals surface area (Å²) in [6.45, 7) is 1.87. The van der Waals surface area contributed by atoms with Crippen LogP contribution in [-0.4, -0.2) is 11.4 Å². The van der Waals surface area contributed by atoms with Gasteiger partial charge in [-0.1, -0.05) is 0 Å². The van der Waals surface area contributed by atoms with E-state index in [2.05, 4.69) is 5.22 Å². The third-order valence-corrected chi connectivity index (χ3v) is 0.788. The minimum absolute atomic E-state index is 0.194. The van der Waals surface area contributed by atoms with Crippen molar-refractivity contribution in [2.24, 2.45) is 11.1 Å². The fourth-order valence-electron chi connectivity index (χ4n) is 0.341. The lowest BCUT2D eigenvalue weighted by Crippen LogP contribution is -2.08. The zero-order valence-corrected chi connectivity index (χ0v) is 5.13. The summed E-state index contributed by atoms with van der Waals surface area (Å²) in [5.74, 6) is -0.239. The van der Waals surface area contributed by atoms with Crippen LogP contribution in [0.1, 0.15) is 6.92 Å². The monoisotopic (exact) mass is 126 g/mol. The first kappa shape index (κ1) is 7.69. The van der Waals surface area contributed by atoms with Gasteiger partial charge in [0.05, 0.1) is 12.0 Å². The van der Waals surface area contributed by atoms with Crippen LogP contribution in [0.25, 0.3) is 0 Å². The van der Waals surface area contributed by atoms with Crippen LogP contribution in [0.3, 0.4) is 0 Å². The molecule has 0 bridgehead atoms. The minimum Gasteiger partial charge on any atom is -0.198 e. The number of nitrogens with zero attached hydrogens (tertiary/aromatic N) is 3. The van der Waals surface area contributed by atoms with E-state index in [1.807, 2.05) is 6.07 Å². The highest BCUT2D eigenvalue weighted by molar-refractivity contribution is 4.76. The van der Waals surface area contributed by atoms with Crippen LogP contribution in [-0.2, 0) is 0 Å². The van der Waals surface area contributed by atoms with Crippen LogP contribution >= 0.6 is 0 Å². The third-order valence-electron chi connectivity index (χ3n) is 0.788. The molecule has 0 fully saturated rings. The van der Waals surface area contributed by atoms with Gasteiger partial charge in [-0.25, -0.2) is 0 Å². The third kappa shape index (κ3) is 3.29. The first-order valence-electron chi connectivity index (χ1n) is 2.46. The number of hydrogen-bond donors (Lipinski definition) is 2. The molecule has 0 aliphatic rings. The molecule has 48 valence electrons. The first-order chi connectivity index (χ1) is 4.20. The normalized spacial score (nSPS) is 11.6. The quantitative estimate of drug-likeness (QED) is 0.331. The van der Waals surface area contributed by atoms with E-state index >= 15 is 0 Å². The molecule has 0 radical (unpaired) electrons. The van der Waals surface area contributed by atoms with Crippen LogP contribution < -0.4 is 0 Å². The second-order valence-electron chi connectivity index (χ2n) is 1.71. The van der Waals surface area contributed by atoms with Crippen LogP contribution in [0.2, 0.25) is 0 Å². The van der Waals surface area contributed by atoms with Gasteiger partial charge in [0.25, 0.3) is 0 Å². The van der Waals surface area contributed by atoms with Crippen molar-refractivity contribution in [1.82, 2.24) is 0 Å². The maximum absolute atomic E-state index is 8.22. The topological polar surface area (TPSA) is 86.9 Å². The van der Waals surface area contributed by atoms with E-state index in [0.717, 1.165) is 0 Å². The first-order valence-corrected chi connectivity index (χ1v) is 2.46. The molecule has 0 amide bonds. The van der Waals surface area contributed by atoms with Gasteiger partial charge in [0.15, 0.2) is 11.8 Å². The molecule has 9 heavy (non-hydrogen) atoms. The second kappa shape index (κ2) is 3.66. The maximum atomic E-state index is 8.22. The van der Waals surface area contributed by atoms with E-state index in [0.29, 0.717) is 4.81 Å². The number of nitriles is 1. The Morgan fingerprint density at radius 2 is 2.44 bits per heavy atom. The van der Waals surface area contributed by atoms with E-state index < -0.39 is 0 Å². The van der Waals surface area contributed by atoms with Crippen molar-refractivity contribution in [2.45, 2.75) is 6.92 Å². The van der Waals surface area contributed by atoms with Crippen molar-refractivity contribution in [3.63, 3.8) is 0 Å². The smallest absolute Gasteiger partial charge is 0.152 e. The van der Waals surface area contributed by atoms with Gasteiger partial charge in [-0.05, 0) is 11.7 Å². The summed E-state index contributed by atoms with van der Waals surface area (Å²) in [4.78, 5) is 0.674. The Hall–Kier alpha value is -1.31. The average Bonchev–Trinajstić information content (AvgIpc) is 1.87. The van der Waals surface area contributed by atoms with E-state index in [-0.39, 0.29) is 12.5 Å². The standard InChI is InChI=1S/C4H8N5/c1-4(2-5)3-9(7)8-6/h4,6-7H,3H2,1H3/q+1. The van der Waals surface area contributed by atoms with Gasteiger partial charge in [0.1, 0.15) is 0 Å². The highest BCUT2D eigenvalue weighted by Crippen LogP contribution is 1.91. The lowest BCUT2D eigenvalue weighted by atomic mass is 10.2. The van der Waals surface area contributed by atoms with Gasteiger partial charge >= 0.3 is 0 Å². The lowest BCUT2D eigenvalue weighted by molar-refractivity contribution is -0.633. The summed E-state index contributed by atoms with van der Waals surface area (Å²) in [5, 5.41) is 11.0. The molecule has 0 aromatic heterocycles. The molecule has 0 heterocycles. The molecule has 0 spiro atoms. The number of hydrogen-bond acceptors (Lipinski definition) is 3. The fourth-order valence-corrected chi connectivity index (χ4v) is 0.341. The summed E-state index contributed by atoms with van der Waals surface area (Å²) in [7, 11) is 0. The summed E-state index contributed by atoms with van der Waals surface area (Å²) < 4.78 is 0. The van der Waals surface area contributed by atoms with Crippen molar-refractivity contribution in [3.8, 4) is 6.07 Å². The number of nitrogens with one attached hydrogen (secondary N) is 2. The molecule has 5 nitrogen and oxygen atoms in total. The molecule has 2 N–H and O–H groups in total. The van der Waals surface area contributed by atoms with Gasteiger partial charge in [-0.2, -0.15) is 5.26 Å². The summed E-state index contributed by atoms with van der Waals surface area (Å²) in [6.07, 6.45) is 0. The molecular weight excluding hydrogens is 118 g/mol. The van der Waals surface area contributed by atoms with Crippen molar-refractivity contribution < 1.29 is 4.81 Å². The second-order valence-corrected chi connectivity index (χ2v) is 1.71. The Morgan fingerprint density at radius 1 is 1.89 bits per heavy atom. The zero-order chi connectivity index (χ0) is 7.28. The van der Waals surface area contributed by atoms with Crippen LogP contribution in [0, 0.1) is 28.3 Å². The predicted molar refractivity (Wildman–Crippen MR) is 27.8 cm³/mol. The lowest BCUT2D eigenvalue weighted by Gasteiger charge is -1.91. The van der Waals surface area contributed by atoms with Gasteiger partial charge < -0.3 is 0 Å². The van der Waals surface area contributed by atoms with Gasteiger partial charge in [0.2, 0.25) is 0 Å². The summed E-state index contributed by atoms with van der Waals surface area (Å²) >= 11 is 0. The zero-order valence-electron chi connectivity index (χ0n) is 5.13. The molecule has 0 aromatic rings. The van der Waals surface area contributed by atoms with Gasteiger partial charge in [-0.3, -0.25) is 0 Å². The molecule has 0 saturated carbocycles. The highest BCUT2D eigenvalue weighted by Gasteiger charge is 2.04. The molecule has 0 aliphatic carbocycles. The van der Waals surface area contributed by atoms with Gasteiger partial charge in [-0.15, -0.1) is 5.53 Å². The van der Waals surface area contributed by atoms with Crippen molar-refractivity contribution in [2.75, 3.05) is 6.54 Å². The molecule has 0 aromatic carbocycles. The molecule has 0 aliphatic heterocycles.